The number of carbonyl (C=O) groups excluding carboxylic acids is 2. The smallest absolute Gasteiger partial charge is 0.241 e. The summed E-state index contributed by atoms with van der Waals surface area (Å²) in [5, 5.41) is 3.23. The lowest BCUT2D eigenvalue weighted by Gasteiger charge is -2.25. The zero-order chi connectivity index (χ0) is 12.4. The SMILES string of the molecule is CC1CCNC1C(=O)N1CCCN(C)C(=O)C1. The van der Waals surface area contributed by atoms with Crippen LogP contribution in [0.4, 0.5) is 0 Å². The standard InChI is InChI=1S/C12H21N3O2/c1-9-4-5-13-11(9)12(17)15-7-3-6-14(2)10(16)8-15/h9,11,13H,3-8H2,1-2H3. The Hall–Kier alpha value is -1.10. The predicted octanol–water partition coefficient (Wildman–Crippen LogP) is -0.325. The molecule has 17 heavy (non-hydrogen) atoms. The summed E-state index contributed by atoms with van der Waals surface area (Å²) in [5.74, 6) is 0.513. The summed E-state index contributed by atoms with van der Waals surface area (Å²) in [4.78, 5) is 27.5. The van der Waals surface area contributed by atoms with Crippen molar-refractivity contribution >= 4 is 11.8 Å². The van der Waals surface area contributed by atoms with Crippen LogP contribution in [-0.4, -0.2) is 60.9 Å². The fourth-order valence-electron chi connectivity index (χ4n) is 2.54. The van der Waals surface area contributed by atoms with Gasteiger partial charge in [-0.25, -0.2) is 0 Å². The number of hydrogen-bond donors (Lipinski definition) is 1. The van der Waals surface area contributed by atoms with E-state index >= 15 is 0 Å². The van der Waals surface area contributed by atoms with Crippen LogP contribution in [-0.2, 0) is 9.59 Å². The van der Waals surface area contributed by atoms with E-state index in [1.165, 1.54) is 0 Å². The Morgan fingerprint density at radius 3 is 2.82 bits per heavy atom. The molecule has 0 spiro atoms. The van der Waals surface area contributed by atoms with Gasteiger partial charge in [-0.2, -0.15) is 0 Å². The molecule has 96 valence electrons. The van der Waals surface area contributed by atoms with Crippen LogP contribution >= 0.6 is 0 Å². The monoisotopic (exact) mass is 239 g/mol. The van der Waals surface area contributed by atoms with Crippen molar-refractivity contribution in [2.45, 2.75) is 25.8 Å². The number of nitrogens with zero attached hydrogens (tertiary/aromatic N) is 2. The molecular formula is C12H21N3O2. The maximum absolute atomic E-state index is 12.3. The van der Waals surface area contributed by atoms with Crippen LogP contribution in [0.5, 0.6) is 0 Å². The average Bonchev–Trinajstić information content (AvgIpc) is 2.65. The Morgan fingerprint density at radius 2 is 2.18 bits per heavy atom. The van der Waals surface area contributed by atoms with Crippen molar-refractivity contribution in [3.63, 3.8) is 0 Å². The van der Waals surface area contributed by atoms with Crippen LogP contribution < -0.4 is 5.32 Å². The van der Waals surface area contributed by atoms with E-state index < -0.39 is 0 Å². The van der Waals surface area contributed by atoms with Gasteiger partial charge >= 0.3 is 0 Å². The largest absolute Gasteiger partial charge is 0.344 e. The highest BCUT2D eigenvalue weighted by Crippen LogP contribution is 2.17. The summed E-state index contributed by atoms with van der Waals surface area (Å²) >= 11 is 0. The van der Waals surface area contributed by atoms with Gasteiger partial charge in [0.2, 0.25) is 11.8 Å². The second kappa shape index (κ2) is 5.04. The molecule has 0 aromatic rings. The minimum atomic E-state index is -0.0915. The topological polar surface area (TPSA) is 52.7 Å². The molecule has 5 heteroatoms. The van der Waals surface area contributed by atoms with Gasteiger partial charge in [0.05, 0.1) is 12.6 Å². The van der Waals surface area contributed by atoms with Gasteiger partial charge in [0.15, 0.2) is 0 Å². The minimum Gasteiger partial charge on any atom is -0.344 e. The highest BCUT2D eigenvalue weighted by Gasteiger charge is 2.34. The van der Waals surface area contributed by atoms with E-state index in [0.717, 1.165) is 25.9 Å². The number of carbonyl (C=O) groups is 2. The average molecular weight is 239 g/mol. The van der Waals surface area contributed by atoms with Crippen LogP contribution in [0.3, 0.4) is 0 Å². The molecule has 0 radical (unpaired) electrons. The molecule has 2 aliphatic rings. The van der Waals surface area contributed by atoms with E-state index in [1.807, 2.05) is 0 Å². The molecular weight excluding hydrogens is 218 g/mol. The summed E-state index contributed by atoms with van der Waals surface area (Å²) in [6, 6.07) is -0.0915. The molecule has 1 N–H and O–H groups in total. The van der Waals surface area contributed by atoms with Crippen molar-refractivity contribution in [3.8, 4) is 0 Å². The molecule has 2 unspecified atom stereocenters. The van der Waals surface area contributed by atoms with E-state index in [-0.39, 0.29) is 24.4 Å². The van der Waals surface area contributed by atoms with E-state index in [2.05, 4.69) is 12.2 Å². The third kappa shape index (κ3) is 2.60. The highest BCUT2D eigenvalue weighted by atomic mass is 16.2. The summed E-state index contributed by atoms with van der Waals surface area (Å²) < 4.78 is 0. The Bertz CT molecular complexity index is 319. The second-order valence-corrected chi connectivity index (χ2v) is 5.13. The zero-order valence-electron chi connectivity index (χ0n) is 10.6. The van der Waals surface area contributed by atoms with E-state index in [4.69, 9.17) is 0 Å². The summed E-state index contributed by atoms with van der Waals surface area (Å²) in [6.07, 6.45) is 1.91. The van der Waals surface area contributed by atoms with E-state index in [9.17, 15) is 9.59 Å². The van der Waals surface area contributed by atoms with Crippen LogP contribution in [0, 0.1) is 5.92 Å². The normalized spacial score (nSPS) is 30.6. The molecule has 5 nitrogen and oxygen atoms in total. The van der Waals surface area contributed by atoms with Crippen LogP contribution in [0.15, 0.2) is 0 Å². The van der Waals surface area contributed by atoms with Crippen LogP contribution in [0.25, 0.3) is 0 Å². The lowest BCUT2D eigenvalue weighted by atomic mass is 10.0. The summed E-state index contributed by atoms with van der Waals surface area (Å²) in [7, 11) is 1.80. The van der Waals surface area contributed by atoms with Crippen LogP contribution in [0.1, 0.15) is 19.8 Å². The number of rotatable bonds is 1. The molecule has 2 atom stereocenters. The van der Waals surface area contributed by atoms with Crippen molar-refractivity contribution in [2.75, 3.05) is 33.2 Å². The maximum atomic E-state index is 12.3. The molecule has 0 saturated carbocycles. The first-order valence-electron chi connectivity index (χ1n) is 6.35. The molecule has 0 aliphatic carbocycles. The first-order chi connectivity index (χ1) is 8.09. The first kappa shape index (κ1) is 12.4. The summed E-state index contributed by atoms with van der Waals surface area (Å²) in [5.41, 5.74) is 0. The van der Waals surface area contributed by atoms with Crippen molar-refractivity contribution in [1.29, 1.82) is 0 Å². The lowest BCUT2D eigenvalue weighted by molar-refractivity contribution is -0.139. The van der Waals surface area contributed by atoms with Gasteiger partial charge in [0, 0.05) is 20.1 Å². The van der Waals surface area contributed by atoms with Crippen LogP contribution in [0.2, 0.25) is 0 Å². The van der Waals surface area contributed by atoms with Gasteiger partial charge in [0.1, 0.15) is 0 Å². The van der Waals surface area contributed by atoms with Crippen molar-refractivity contribution in [3.05, 3.63) is 0 Å². The minimum absolute atomic E-state index is 0.0431. The van der Waals surface area contributed by atoms with Crippen molar-refractivity contribution in [2.24, 2.45) is 5.92 Å². The Balaban J connectivity index is 2.01. The second-order valence-electron chi connectivity index (χ2n) is 5.13. The molecule has 0 aromatic carbocycles. The van der Waals surface area contributed by atoms with Gasteiger partial charge in [-0.15, -0.1) is 0 Å². The molecule has 0 aromatic heterocycles. The van der Waals surface area contributed by atoms with Gasteiger partial charge < -0.3 is 15.1 Å². The quantitative estimate of drug-likeness (QED) is 0.682. The number of hydrogen-bond acceptors (Lipinski definition) is 3. The van der Waals surface area contributed by atoms with E-state index in [1.54, 1.807) is 16.8 Å². The fourth-order valence-corrected chi connectivity index (χ4v) is 2.54. The molecule has 2 amide bonds. The first-order valence-corrected chi connectivity index (χ1v) is 6.35. The van der Waals surface area contributed by atoms with Gasteiger partial charge in [0.25, 0.3) is 0 Å². The third-order valence-electron chi connectivity index (χ3n) is 3.78. The highest BCUT2D eigenvalue weighted by molar-refractivity contribution is 5.88. The third-order valence-corrected chi connectivity index (χ3v) is 3.78. The molecule has 0 bridgehead atoms. The molecule has 2 aliphatic heterocycles. The van der Waals surface area contributed by atoms with Gasteiger partial charge in [-0.3, -0.25) is 9.59 Å². The maximum Gasteiger partial charge on any atom is 0.241 e. The fraction of sp³-hybridized carbons (Fsp3) is 0.833. The van der Waals surface area contributed by atoms with Gasteiger partial charge in [-0.05, 0) is 25.3 Å². The zero-order valence-corrected chi connectivity index (χ0v) is 10.6. The number of likely N-dealkylation sites (N-methyl/N-ethyl adjacent to an activating group) is 1. The molecule has 2 fully saturated rings. The van der Waals surface area contributed by atoms with Crippen molar-refractivity contribution < 1.29 is 9.59 Å². The summed E-state index contributed by atoms with van der Waals surface area (Å²) in [6.45, 7) is 4.67. The predicted molar refractivity (Wildman–Crippen MR) is 64.4 cm³/mol. The van der Waals surface area contributed by atoms with Crippen molar-refractivity contribution in [1.82, 2.24) is 15.1 Å². The number of nitrogens with one attached hydrogen (secondary N) is 1. The molecule has 2 rings (SSSR count). The Morgan fingerprint density at radius 1 is 1.41 bits per heavy atom. The van der Waals surface area contributed by atoms with Gasteiger partial charge in [-0.1, -0.05) is 6.92 Å². The lowest BCUT2D eigenvalue weighted by Crippen LogP contribution is -2.48. The van der Waals surface area contributed by atoms with E-state index in [0.29, 0.717) is 12.5 Å². The Labute approximate surface area is 102 Å². The number of amides is 2. The molecule has 2 heterocycles. The molecule has 2 saturated heterocycles. The Kier molecular flexibility index (Phi) is 3.66.